The number of furan rings is 1. The van der Waals surface area contributed by atoms with Crippen molar-refractivity contribution in [3.63, 3.8) is 0 Å². The van der Waals surface area contributed by atoms with Gasteiger partial charge in [0.25, 0.3) is 0 Å². The van der Waals surface area contributed by atoms with E-state index in [-0.39, 0.29) is 11.1 Å². The summed E-state index contributed by atoms with van der Waals surface area (Å²) in [6.45, 7) is 0. The van der Waals surface area contributed by atoms with E-state index in [0.29, 0.717) is 10.3 Å². The number of hydrogen-bond donors (Lipinski definition) is 0. The van der Waals surface area contributed by atoms with Gasteiger partial charge < -0.3 is 9.32 Å². The SMILES string of the molecule is [2H]c1c([2H])c([2H])c(-c2c([2H])c([2H])c(N(c3c([2H])c([2H])c(-c4ccc5ccccc5c4)c([2H])c3[2H])c3c([2H])c([2H])c([2H])c4oc5c6c([2H])c([2H])c([2H])c([2H])c6c([2H])c([2H])c5c34)c([2H])c2[2H])c([2H])c1[2H]. The Morgan fingerprint density at radius 3 is 1.91 bits per heavy atom. The molecule has 0 saturated carbocycles. The molecule has 0 amide bonds. The summed E-state index contributed by atoms with van der Waals surface area (Å²) in [6, 6.07) is -6.97. The first-order valence-corrected chi connectivity index (χ1v) is 13.9. The zero-order valence-electron chi connectivity index (χ0n) is 45.4. The predicted octanol–water partition coefficient (Wildman–Crippen LogP) is 12.7. The van der Waals surface area contributed by atoms with Crippen molar-refractivity contribution < 1.29 is 34.6 Å². The van der Waals surface area contributed by atoms with E-state index in [1.807, 2.05) is 6.07 Å². The molecule has 9 aromatic rings. The lowest BCUT2D eigenvalue weighted by molar-refractivity contribution is 0.672. The second kappa shape index (κ2) is 10.8. The number of benzene rings is 8. The van der Waals surface area contributed by atoms with E-state index < -0.39 is 194 Å². The number of fused-ring (bicyclic) bond motifs is 6. The van der Waals surface area contributed by atoms with Gasteiger partial charge >= 0.3 is 0 Å². The Kier molecular flexibility index (Phi) is 2.90. The average molecular weight is 610 g/mol. The molecule has 0 radical (unpaired) electrons. The lowest BCUT2D eigenvalue weighted by Gasteiger charge is -2.26. The summed E-state index contributed by atoms with van der Waals surface area (Å²) in [4.78, 5) is 0.613. The molecule has 0 aliphatic carbocycles. The Hall–Kier alpha value is -6.12. The van der Waals surface area contributed by atoms with E-state index in [2.05, 4.69) is 0 Å². The normalized spacial score (nSPS) is 18.2. The van der Waals surface area contributed by atoms with Gasteiger partial charge in [0.1, 0.15) is 11.2 Å². The maximum atomic E-state index is 9.57. The van der Waals surface area contributed by atoms with E-state index in [1.54, 1.807) is 36.4 Å². The molecule has 0 atom stereocenters. The van der Waals surface area contributed by atoms with Crippen LogP contribution in [0.5, 0.6) is 0 Å². The summed E-state index contributed by atoms with van der Waals surface area (Å²) < 4.78 is 203. The molecule has 9 rings (SSSR count). The van der Waals surface area contributed by atoms with Crippen molar-refractivity contribution in [3.8, 4) is 22.3 Å². The van der Waals surface area contributed by atoms with Crippen molar-refractivity contribution in [3.05, 3.63) is 175 Å². The van der Waals surface area contributed by atoms with Crippen LogP contribution < -0.4 is 4.90 Å². The molecule has 1 heterocycles. The summed E-state index contributed by atoms with van der Waals surface area (Å²) >= 11 is 0. The second-order valence-electron chi connectivity index (χ2n) is 10.1. The van der Waals surface area contributed by atoms with E-state index in [0.717, 1.165) is 5.39 Å². The first-order valence-electron chi connectivity index (χ1n) is 24.9. The predicted molar refractivity (Wildman–Crippen MR) is 194 cm³/mol. The molecule has 2 nitrogen and oxygen atoms in total. The fourth-order valence-electron chi connectivity index (χ4n) is 5.28. The summed E-state index contributed by atoms with van der Waals surface area (Å²) in [7, 11) is 0. The quantitative estimate of drug-likeness (QED) is 0.193. The van der Waals surface area contributed by atoms with Crippen LogP contribution in [0, 0.1) is 0 Å². The van der Waals surface area contributed by atoms with Crippen LogP contribution in [0.3, 0.4) is 0 Å². The third kappa shape index (κ3) is 4.43. The summed E-state index contributed by atoms with van der Waals surface area (Å²) in [5, 5.41) is -0.476. The Labute approximate surface area is 298 Å². The van der Waals surface area contributed by atoms with Crippen molar-refractivity contribution in [2.75, 3.05) is 4.90 Å². The van der Waals surface area contributed by atoms with Gasteiger partial charge in [-0.15, -0.1) is 0 Å². The first kappa shape index (κ1) is 12.3. The molecule has 0 aliphatic heterocycles. The molecule has 46 heavy (non-hydrogen) atoms. The molecule has 8 aromatic carbocycles. The standard InChI is InChI=1S/C44H29NO/c1-2-9-30(10-3-1)32-19-24-37(25-20-32)45(38-26-21-33(22-27-38)36-18-17-31-11-4-5-13-35(31)29-36)41-15-8-16-42-43(41)40-28-23-34-12-6-7-14-39(34)44(40)46-42/h1-29H/i1D,2D,3D,6D,7D,8D,9D,10D,12D,14D,15D,16D,19D,20D,21D,22D,23D,24D,25D,26D,27D,28D. The second-order valence-corrected chi connectivity index (χ2v) is 10.1. The molecule has 0 spiro atoms. The van der Waals surface area contributed by atoms with Crippen molar-refractivity contribution >= 4 is 60.5 Å². The number of nitrogens with zero attached hydrogens (tertiary/aromatic N) is 1. The highest BCUT2D eigenvalue weighted by atomic mass is 16.3. The third-order valence-electron chi connectivity index (χ3n) is 7.41. The van der Waals surface area contributed by atoms with Gasteiger partial charge in [-0.3, -0.25) is 0 Å². The molecule has 2 heteroatoms. The summed E-state index contributed by atoms with van der Waals surface area (Å²) in [6.07, 6.45) is 0. The Bertz CT molecular complexity index is 3700. The monoisotopic (exact) mass is 609 g/mol. The van der Waals surface area contributed by atoms with Crippen LogP contribution in [0.15, 0.2) is 180 Å². The van der Waals surface area contributed by atoms with Crippen LogP contribution in [0.4, 0.5) is 17.1 Å². The Morgan fingerprint density at radius 2 is 1.13 bits per heavy atom. The lowest BCUT2D eigenvalue weighted by Crippen LogP contribution is -2.10. The number of anilines is 3. The zero-order chi connectivity index (χ0) is 49.6. The molecule has 0 bridgehead atoms. The maximum absolute atomic E-state index is 9.57. The van der Waals surface area contributed by atoms with Crippen LogP contribution in [0.2, 0.25) is 0 Å². The molecule has 0 N–H and O–H groups in total. The number of hydrogen-bond acceptors (Lipinski definition) is 2. The van der Waals surface area contributed by atoms with Crippen molar-refractivity contribution in [2.24, 2.45) is 0 Å². The van der Waals surface area contributed by atoms with Crippen LogP contribution in [-0.4, -0.2) is 0 Å². The highest BCUT2D eigenvalue weighted by Gasteiger charge is 2.20. The minimum atomic E-state index is -1.09. The summed E-state index contributed by atoms with van der Waals surface area (Å²) in [5.74, 6) is 0. The molecular weight excluding hydrogens is 558 g/mol. The minimum absolute atomic E-state index is 0.217. The largest absolute Gasteiger partial charge is 0.455 e. The average Bonchev–Trinajstić information content (AvgIpc) is 3.72. The van der Waals surface area contributed by atoms with Crippen LogP contribution in [-0.2, 0) is 0 Å². The third-order valence-corrected chi connectivity index (χ3v) is 7.41. The molecule has 1 aromatic heterocycles. The summed E-state index contributed by atoms with van der Waals surface area (Å²) in [5.41, 5.74) is -5.21. The van der Waals surface area contributed by atoms with Gasteiger partial charge in [0.15, 0.2) is 0 Å². The van der Waals surface area contributed by atoms with Gasteiger partial charge in [-0.05, 0) is 86.8 Å². The fraction of sp³-hybridized carbons (Fsp3) is 0. The van der Waals surface area contributed by atoms with Crippen molar-refractivity contribution in [1.29, 1.82) is 0 Å². The highest BCUT2D eigenvalue weighted by molar-refractivity contribution is 6.19. The Morgan fingerprint density at radius 1 is 0.457 bits per heavy atom. The van der Waals surface area contributed by atoms with Gasteiger partial charge in [0, 0.05) is 22.1 Å². The van der Waals surface area contributed by atoms with Crippen LogP contribution in [0.25, 0.3) is 65.7 Å². The van der Waals surface area contributed by atoms with E-state index >= 15 is 0 Å². The minimum Gasteiger partial charge on any atom is -0.455 e. The number of rotatable bonds is 5. The highest BCUT2D eigenvalue weighted by Crippen LogP contribution is 2.44. The van der Waals surface area contributed by atoms with Crippen LogP contribution >= 0.6 is 0 Å². The zero-order valence-corrected chi connectivity index (χ0v) is 23.4. The smallest absolute Gasteiger partial charge is 0.143 e. The van der Waals surface area contributed by atoms with Gasteiger partial charge in [-0.25, -0.2) is 0 Å². The van der Waals surface area contributed by atoms with E-state index in [1.165, 1.54) is 0 Å². The molecule has 0 saturated heterocycles. The van der Waals surface area contributed by atoms with E-state index in [4.69, 9.17) is 20.9 Å². The topological polar surface area (TPSA) is 16.4 Å². The molecule has 216 valence electrons. The first-order chi connectivity index (χ1) is 32.0. The van der Waals surface area contributed by atoms with E-state index in [9.17, 15) is 13.7 Å². The Balaban J connectivity index is 1.50. The van der Waals surface area contributed by atoms with Gasteiger partial charge in [-0.1, -0.05) is 127 Å². The molecule has 0 unspecified atom stereocenters. The van der Waals surface area contributed by atoms with Crippen LogP contribution in [0.1, 0.15) is 30.2 Å². The van der Waals surface area contributed by atoms with Gasteiger partial charge in [-0.2, -0.15) is 0 Å². The van der Waals surface area contributed by atoms with Gasteiger partial charge in [0.2, 0.25) is 0 Å². The molecule has 0 aliphatic rings. The maximum Gasteiger partial charge on any atom is 0.143 e. The fourth-order valence-corrected chi connectivity index (χ4v) is 5.28. The van der Waals surface area contributed by atoms with Gasteiger partial charge in [0.05, 0.1) is 41.2 Å². The molecule has 0 fully saturated rings. The van der Waals surface area contributed by atoms with Crippen molar-refractivity contribution in [1.82, 2.24) is 0 Å². The lowest BCUT2D eigenvalue weighted by atomic mass is 10.0. The van der Waals surface area contributed by atoms with Crippen molar-refractivity contribution in [2.45, 2.75) is 0 Å². The molecular formula is C44H29NO.